The molecule has 1 aromatic carbocycles. The Kier molecular flexibility index (Phi) is 4.76. The van der Waals surface area contributed by atoms with Crippen molar-refractivity contribution in [1.82, 2.24) is 15.2 Å². The van der Waals surface area contributed by atoms with Gasteiger partial charge in [0.25, 0.3) is 5.82 Å². The third kappa shape index (κ3) is 3.50. The van der Waals surface area contributed by atoms with Crippen molar-refractivity contribution in [1.29, 1.82) is 0 Å². The smallest absolute Gasteiger partial charge is 0.378 e. The molecule has 0 fully saturated rings. The molecule has 7 nitrogen and oxygen atoms in total. The van der Waals surface area contributed by atoms with Crippen LogP contribution in [0.3, 0.4) is 0 Å². The number of hydrogen-bond donors (Lipinski definition) is 1. The summed E-state index contributed by atoms with van der Waals surface area (Å²) < 4.78 is 15.3. The molecular weight excluding hydrogens is 274 g/mol. The molecule has 2 aromatic rings. The van der Waals surface area contributed by atoms with E-state index in [2.05, 4.69) is 15.2 Å². The Hall–Kier alpha value is -2.57. The maximum Gasteiger partial charge on any atom is 0.378 e. The molecule has 0 aliphatic carbocycles. The van der Waals surface area contributed by atoms with Crippen molar-refractivity contribution >= 4 is 5.97 Å². The van der Waals surface area contributed by atoms with E-state index in [1.54, 1.807) is 21.1 Å². The molecule has 0 aliphatic heterocycles. The first-order chi connectivity index (χ1) is 10.2. The first kappa shape index (κ1) is 14.8. The van der Waals surface area contributed by atoms with Crippen LogP contribution in [0.4, 0.5) is 0 Å². The van der Waals surface area contributed by atoms with Crippen molar-refractivity contribution in [2.75, 3.05) is 20.8 Å². The fraction of sp³-hybridized carbons (Fsp3) is 0.357. The van der Waals surface area contributed by atoms with Gasteiger partial charge in [-0.1, -0.05) is 6.07 Å². The Morgan fingerprint density at radius 3 is 2.67 bits per heavy atom. The molecule has 1 N–H and O–H groups in total. The van der Waals surface area contributed by atoms with Crippen LogP contribution in [0.2, 0.25) is 0 Å². The van der Waals surface area contributed by atoms with Crippen LogP contribution in [0.15, 0.2) is 18.2 Å². The van der Waals surface area contributed by atoms with E-state index in [9.17, 15) is 4.79 Å². The standard InChI is InChI=1S/C14H17N3O4/c1-4-21-14(18)13-15-12(16-17-13)8-9-5-6-10(19-2)11(7-9)20-3/h5-7H,4,8H2,1-3H3,(H,15,16,17). The van der Waals surface area contributed by atoms with Gasteiger partial charge in [0.15, 0.2) is 11.5 Å². The number of benzene rings is 1. The molecule has 1 aromatic heterocycles. The molecule has 21 heavy (non-hydrogen) atoms. The van der Waals surface area contributed by atoms with Crippen LogP contribution in [-0.2, 0) is 11.2 Å². The van der Waals surface area contributed by atoms with E-state index in [0.29, 0.717) is 30.4 Å². The summed E-state index contributed by atoms with van der Waals surface area (Å²) in [6.45, 7) is 2.02. The van der Waals surface area contributed by atoms with Crippen LogP contribution in [0.5, 0.6) is 11.5 Å². The van der Waals surface area contributed by atoms with Crippen molar-refractivity contribution in [3.63, 3.8) is 0 Å². The normalized spacial score (nSPS) is 10.2. The molecule has 0 aliphatic rings. The van der Waals surface area contributed by atoms with Gasteiger partial charge in [0.05, 0.1) is 20.8 Å². The van der Waals surface area contributed by atoms with E-state index in [0.717, 1.165) is 5.56 Å². The Bertz CT molecular complexity index is 624. The quantitative estimate of drug-likeness (QED) is 0.813. The van der Waals surface area contributed by atoms with Gasteiger partial charge in [-0.05, 0) is 24.6 Å². The molecule has 0 atom stereocenters. The Labute approximate surface area is 122 Å². The van der Waals surface area contributed by atoms with Crippen LogP contribution in [0.1, 0.15) is 28.9 Å². The average Bonchev–Trinajstić information content (AvgIpc) is 2.96. The van der Waals surface area contributed by atoms with Crippen LogP contribution >= 0.6 is 0 Å². The number of carbonyl (C=O) groups excluding carboxylic acids is 1. The maximum atomic E-state index is 11.5. The molecule has 0 spiro atoms. The Morgan fingerprint density at radius 1 is 1.24 bits per heavy atom. The molecule has 0 saturated carbocycles. The monoisotopic (exact) mass is 291 g/mol. The summed E-state index contributed by atoms with van der Waals surface area (Å²) in [5, 5.41) is 6.57. The van der Waals surface area contributed by atoms with Gasteiger partial charge < -0.3 is 14.2 Å². The molecule has 0 unspecified atom stereocenters. The molecular formula is C14H17N3O4. The minimum Gasteiger partial charge on any atom is -0.493 e. The Balaban J connectivity index is 2.13. The minimum absolute atomic E-state index is 0.0346. The Morgan fingerprint density at radius 2 is 2.00 bits per heavy atom. The third-order valence-corrected chi connectivity index (χ3v) is 2.81. The number of hydrogen-bond acceptors (Lipinski definition) is 6. The molecule has 0 radical (unpaired) electrons. The summed E-state index contributed by atoms with van der Waals surface area (Å²) in [6.07, 6.45) is 0.493. The van der Waals surface area contributed by atoms with Gasteiger partial charge in [-0.3, -0.25) is 5.10 Å². The zero-order valence-electron chi connectivity index (χ0n) is 12.2. The van der Waals surface area contributed by atoms with Gasteiger partial charge in [-0.25, -0.2) is 9.78 Å². The van der Waals surface area contributed by atoms with Crippen molar-refractivity contribution in [3.05, 3.63) is 35.4 Å². The lowest BCUT2D eigenvalue weighted by Gasteiger charge is -2.08. The number of nitrogens with zero attached hydrogens (tertiary/aromatic N) is 2. The van der Waals surface area contributed by atoms with E-state index >= 15 is 0 Å². The summed E-state index contributed by atoms with van der Waals surface area (Å²) in [6, 6.07) is 5.57. The lowest BCUT2D eigenvalue weighted by molar-refractivity contribution is 0.0512. The predicted octanol–water partition coefficient (Wildman–Crippen LogP) is 1.59. The van der Waals surface area contributed by atoms with Gasteiger partial charge in [-0.2, -0.15) is 0 Å². The van der Waals surface area contributed by atoms with E-state index in [-0.39, 0.29) is 5.82 Å². The summed E-state index contributed by atoms with van der Waals surface area (Å²) in [7, 11) is 3.16. The number of rotatable bonds is 6. The van der Waals surface area contributed by atoms with Crippen LogP contribution in [0, 0.1) is 0 Å². The molecule has 0 saturated heterocycles. The highest BCUT2D eigenvalue weighted by molar-refractivity contribution is 5.84. The predicted molar refractivity (Wildman–Crippen MR) is 74.7 cm³/mol. The van der Waals surface area contributed by atoms with Crippen molar-refractivity contribution in [2.24, 2.45) is 0 Å². The summed E-state index contributed by atoms with van der Waals surface area (Å²) in [4.78, 5) is 15.6. The number of aromatic amines is 1. The fourth-order valence-corrected chi connectivity index (χ4v) is 1.85. The second-order valence-electron chi connectivity index (χ2n) is 4.19. The molecule has 2 rings (SSSR count). The van der Waals surface area contributed by atoms with Crippen LogP contribution in [0.25, 0.3) is 0 Å². The maximum absolute atomic E-state index is 11.5. The van der Waals surface area contributed by atoms with Gasteiger partial charge in [0.2, 0.25) is 0 Å². The zero-order chi connectivity index (χ0) is 15.2. The van der Waals surface area contributed by atoms with Crippen molar-refractivity contribution in [2.45, 2.75) is 13.3 Å². The van der Waals surface area contributed by atoms with Gasteiger partial charge >= 0.3 is 5.97 Å². The van der Waals surface area contributed by atoms with E-state index in [1.807, 2.05) is 18.2 Å². The zero-order valence-corrected chi connectivity index (χ0v) is 12.2. The first-order valence-electron chi connectivity index (χ1n) is 6.47. The van der Waals surface area contributed by atoms with E-state index < -0.39 is 5.97 Å². The number of carbonyl (C=O) groups is 1. The number of methoxy groups -OCH3 is 2. The summed E-state index contributed by atoms with van der Waals surface area (Å²) in [5.74, 6) is 1.37. The number of H-pyrrole nitrogens is 1. The molecule has 0 amide bonds. The highest BCUT2D eigenvalue weighted by Crippen LogP contribution is 2.28. The SMILES string of the molecule is CCOC(=O)c1n[nH]c(Cc2ccc(OC)c(OC)c2)n1. The minimum atomic E-state index is -0.535. The lowest BCUT2D eigenvalue weighted by Crippen LogP contribution is -2.06. The molecule has 0 bridgehead atoms. The number of ether oxygens (including phenoxy) is 3. The largest absolute Gasteiger partial charge is 0.493 e. The summed E-state index contributed by atoms with van der Waals surface area (Å²) >= 11 is 0. The highest BCUT2D eigenvalue weighted by atomic mass is 16.5. The van der Waals surface area contributed by atoms with Gasteiger partial charge in [0.1, 0.15) is 5.82 Å². The second kappa shape index (κ2) is 6.74. The summed E-state index contributed by atoms with van der Waals surface area (Å²) in [5.41, 5.74) is 0.958. The van der Waals surface area contributed by atoms with E-state index in [1.165, 1.54) is 0 Å². The van der Waals surface area contributed by atoms with Crippen LogP contribution < -0.4 is 9.47 Å². The molecule has 7 heteroatoms. The lowest BCUT2D eigenvalue weighted by atomic mass is 10.1. The number of aromatic nitrogens is 3. The highest BCUT2D eigenvalue weighted by Gasteiger charge is 2.14. The number of esters is 1. The first-order valence-corrected chi connectivity index (χ1v) is 6.47. The topological polar surface area (TPSA) is 86.3 Å². The van der Waals surface area contributed by atoms with Gasteiger partial charge in [0, 0.05) is 6.42 Å². The number of nitrogens with one attached hydrogen (secondary N) is 1. The van der Waals surface area contributed by atoms with Gasteiger partial charge in [-0.15, -0.1) is 5.10 Å². The average molecular weight is 291 g/mol. The second-order valence-corrected chi connectivity index (χ2v) is 4.19. The van der Waals surface area contributed by atoms with Crippen LogP contribution in [-0.4, -0.2) is 42.0 Å². The molecule has 1 heterocycles. The third-order valence-electron chi connectivity index (χ3n) is 2.81. The fourth-order valence-electron chi connectivity index (χ4n) is 1.85. The van der Waals surface area contributed by atoms with E-state index in [4.69, 9.17) is 14.2 Å². The van der Waals surface area contributed by atoms with Crippen molar-refractivity contribution < 1.29 is 19.0 Å². The van der Waals surface area contributed by atoms with Crippen molar-refractivity contribution in [3.8, 4) is 11.5 Å². The molecule has 112 valence electrons.